The highest BCUT2D eigenvalue weighted by Gasteiger charge is 2.33. The maximum atomic E-state index is 13.5. The molecule has 0 saturated carbocycles. The number of benzene rings is 3. The lowest BCUT2D eigenvalue weighted by molar-refractivity contribution is -0.138. The van der Waals surface area contributed by atoms with Crippen LogP contribution in [-0.4, -0.2) is 15.6 Å². The van der Waals surface area contributed by atoms with Gasteiger partial charge in [0.15, 0.2) is 0 Å². The molecule has 0 bridgehead atoms. The first-order valence-electron chi connectivity index (χ1n) is 10.1. The standard InChI is InChI=1S/C25H21F3N2O2/c26-25(27,28)21-12-6-4-10-18(21)15-29-24(17-8-2-1-3-9-17)30-16-19(14-23(31)32)20-11-5-7-13-22(20)30/h1-13,16,24,29H,14-15H2,(H,31,32). The second-order valence-electron chi connectivity index (χ2n) is 7.50. The lowest BCUT2D eigenvalue weighted by Gasteiger charge is -2.23. The van der Waals surface area contributed by atoms with E-state index in [1.54, 1.807) is 12.3 Å². The minimum absolute atomic E-state index is 0.0178. The lowest BCUT2D eigenvalue weighted by Crippen LogP contribution is -2.28. The smallest absolute Gasteiger partial charge is 0.416 e. The molecular formula is C25H21F3N2O2. The Kier molecular flexibility index (Phi) is 6.01. The number of rotatable bonds is 7. The van der Waals surface area contributed by atoms with Crippen LogP contribution in [0.3, 0.4) is 0 Å². The number of fused-ring (bicyclic) bond motifs is 1. The maximum Gasteiger partial charge on any atom is 0.416 e. The predicted molar refractivity (Wildman–Crippen MR) is 116 cm³/mol. The molecule has 4 rings (SSSR count). The SMILES string of the molecule is O=C(O)Cc1cn(C(NCc2ccccc2C(F)(F)F)c2ccccc2)c2ccccc12. The van der Waals surface area contributed by atoms with Crippen molar-refractivity contribution in [1.82, 2.24) is 9.88 Å². The van der Waals surface area contributed by atoms with Crippen LogP contribution in [0.4, 0.5) is 13.2 Å². The fraction of sp³-hybridized carbons (Fsp3) is 0.160. The number of aromatic nitrogens is 1. The van der Waals surface area contributed by atoms with Gasteiger partial charge in [0, 0.05) is 23.6 Å². The molecule has 0 aliphatic heterocycles. The normalized spacial score (nSPS) is 12.7. The van der Waals surface area contributed by atoms with Crippen LogP contribution >= 0.6 is 0 Å². The summed E-state index contributed by atoms with van der Waals surface area (Å²) >= 11 is 0. The van der Waals surface area contributed by atoms with Crippen molar-refractivity contribution in [3.8, 4) is 0 Å². The van der Waals surface area contributed by atoms with Crippen molar-refractivity contribution in [3.63, 3.8) is 0 Å². The molecule has 0 radical (unpaired) electrons. The number of alkyl halides is 3. The summed E-state index contributed by atoms with van der Waals surface area (Å²) in [6, 6.07) is 22.3. The Hall–Kier alpha value is -3.58. The summed E-state index contributed by atoms with van der Waals surface area (Å²) in [5.41, 5.74) is 1.76. The molecule has 0 amide bonds. The van der Waals surface area contributed by atoms with Crippen LogP contribution in [0.15, 0.2) is 85.1 Å². The molecule has 0 spiro atoms. The molecule has 0 fully saturated rings. The summed E-state index contributed by atoms with van der Waals surface area (Å²) in [5.74, 6) is -0.948. The summed E-state index contributed by atoms with van der Waals surface area (Å²) < 4.78 is 42.3. The minimum Gasteiger partial charge on any atom is -0.481 e. The van der Waals surface area contributed by atoms with E-state index >= 15 is 0 Å². The van der Waals surface area contributed by atoms with Gasteiger partial charge in [0.05, 0.1) is 12.0 Å². The second kappa shape index (κ2) is 8.88. The number of carboxylic acids is 1. The molecule has 0 aliphatic rings. The summed E-state index contributed by atoms with van der Waals surface area (Å²) in [6.45, 7) is -0.0178. The summed E-state index contributed by atoms with van der Waals surface area (Å²) in [5, 5.41) is 13.4. The molecule has 1 heterocycles. The zero-order valence-corrected chi connectivity index (χ0v) is 17.0. The van der Waals surface area contributed by atoms with Gasteiger partial charge in [-0.05, 0) is 28.8 Å². The van der Waals surface area contributed by atoms with Crippen molar-refractivity contribution in [2.75, 3.05) is 0 Å². The van der Waals surface area contributed by atoms with Gasteiger partial charge in [0.25, 0.3) is 0 Å². The molecule has 2 N–H and O–H groups in total. The van der Waals surface area contributed by atoms with Crippen molar-refractivity contribution in [3.05, 3.63) is 107 Å². The van der Waals surface area contributed by atoms with Gasteiger partial charge in [-0.3, -0.25) is 10.1 Å². The molecule has 3 aromatic carbocycles. The highest BCUT2D eigenvalue weighted by molar-refractivity contribution is 5.87. The van der Waals surface area contributed by atoms with Gasteiger partial charge in [-0.2, -0.15) is 13.2 Å². The monoisotopic (exact) mass is 438 g/mol. The van der Waals surface area contributed by atoms with Crippen LogP contribution in [-0.2, 0) is 23.9 Å². The van der Waals surface area contributed by atoms with E-state index < -0.39 is 23.9 Å². The van der Waals surface area contributed by atoms with Gasteiger partial charge in [-0.15, -0.1) is 0 Å². The predicted octanol–water partition coefficient (Wildman–Crippen LogP) is 5.62. The summed E-state index contributed by atoms with van der Waals surface area (Å²) in [6.07, 6.45) is -3.33. The molecule has 0 saturated heterocycles. The molecule has 4 nitrogen and oxygen atoms in total. The number of aliphatic carboxylic acids is 1. The Morgan fingerprint density at radius 2 is 1.56 bits per heavy atom. The Morgan fingerprint density at radius 1 is 0.906 bits per heavy atom. The van der Waals surface area contributed by atoms with Crippen LogP contribution in [0.2, 0.25) is 0 Å². The number of halogens is 3. The molecule has 4 aromatic rings. The van der Waals surface area contributed by atoms with Gasteiger partial charge >= 0.3 is 12.1 Å². The third-order valence-electron chi connectivity index (χ3n) is 5.37. The van der Waals surface area contributed by atoms with Crippen LogP contribution in [0.25, 0.3) is 10.9 Å². The zero-order chi connectivity index (χ0) is 22.7. The van der Waals surface area contributed by atoms with Crippen molar-refractivity contribution in [2.45, 2.75) is 25.3 Å². The van der Waals surface area contributed by atoms with E-state index in [1.807, 2.05) is 59.2 Å². The highest BCUT2D eigenvalue weighted by Crippen LogP contribution is 2.33. The van der Waals surface area contributed by atoms with Crippen molar-refractivity contribution in [2.24, 2.45) is 0 Å². The zero-order valence-electron chi connectivity index (χ0n) is 17.0. The van der Waals surface area contributed by atoms with E-state index in [4.69, 9.17) is 0 Å². The van der Waals surface area contributed by atoms with E-state index in [-0.39, 0.29) is 18.5 Å². The molecule has 1 aromatic heterocycles. The Morgan fingerprint density at radius 3 is 2.28 bits per heavy atom. The van der Waals surface area contributed by atoms with Gasteiger partial charge in [0.1, 0.15) is 6.17 Å². The van der Waals surface area contributed by atoms with Crippen LogP contribution in [0.5, 0.6) is 0 Å². The second-order valence-corrected chi connectivity index (χ2v) is 7.50. The molecular weight excluding hydrogens is 417 g/mol. The minimum atomic E-state index is -4.45. The van der Waals surface area contributed by atoms with E-state index in [9.17, 15) is 23.1 Å². The first-order chi connectivity index (χ1) is 15.3. The highest BCUT2D eigenvalue weighted by atomic mass is 19.4. The van der Waals surface area contributed by atoms with Crippen molar-refractivity contribution in [1.29, 1.82) is 0 Å². The Balaban J connectivity index is 1.77. The average molecular weight is 438 g/mol. The van der Waals surface area contributed by atoms with E-state index in [1.165, 1.54) is 12.1 Å². The number of hydrogen-bond donors (Lipinski definition) is 2. The Bertz CT molecular complexity index is 1230. The number of carbonyl (C=O) groups is 1. The number of nitrogens with one attached hydrogen (secondary N) is 1. The van der Waals surface area contributed by atoms with Gasteiger partial charge in [-0.25, -0.2) is 0 Å². The van der Waals surface area contributed by atoms with Crippen LogP contribution < -0.4 is 5.32 Å². The van der Waals surface area contributed by atoms with Crippen LogP contribution in [0.1, 0.15) is 28.4 Å². The third kappa shape index (κ3) is 4.53. The quantitative estimate of drug-likeness (QED) is 0.394. The number of nitrogens with zero attached hydrogens (tertiary/aromatic N) is 1. The first kappa shape index (κ1) is 21.6. The summed E-state index contributed by atoms with van der Waals surface area (Å²) in [7, 11) is 0. The van der Waals surface area contributed by atoms with Gasteiger partial charge in [0.2, 0.25) is 0 Å². The summed E-state index contributed by atoms with van der Waals surface area (Å²) in [4.78, 5) is 11.4. The van der Waals surface area contributed by atoms with E-state index in [2.05, 4.69) is 5.32 Å². The number of carboxylic acid groups (broad SMARTS) is 1. The first-order valence-corrected chi connectivity index (χ1v) is 10.1. The molecule has 1 unspecified atom stereocenters. The van der Waals surface area contributed by atoms with E-state index in [0.29, 0.717) is 5.56 Å². The maximum absolute atomic E-state index is 13.5. The van der Waals surface area contributed by atoms with E-state index in [0.717, 1.165) is 22.5 Å². The fourth-order valence-corrected chi connectivity index (χ4v) is 3.96. The fourth-order valence-electron chi connectivity index (χ4n) is 3.96. The molecule has 32 heavy (non-hydrogen) atoms. The van der Waals surface area contributed by atoms with Crippen molar-refractivity contribution < 1.29 is 23.1 Å². The third-order valence-corrected chi connectivity index (χ3v) is 5.37. The van der Waals surface area contributed by atoms with Crippen molar-refractivity contribution >= 4 is 16.9 Å². The average Bonchev–Trinajstić information content (AvgIpc) is 3.12. The molecule has 164 valence electrons. The lowest BCUT2D eigenvalue weighted by atomic mass is 10.1. The molecule has 1 atom stereocenters. The number of para-hydroxylation sites is 1. The largest absolute Gasteiger partial charge is 0.481 e. The van der Waals surface area contributed by atoms with Gasteiger partial charge < -0.3 is 9.67 Å². The topological polar surface area (TPSA) is 54.3 Å². The molecule has 7 heteroatoms. The molecule has 0 aliphatic carbocycles. The van der Waals surface area contributed by atoms with Crippen LogP contribution in [0, 0.1) is 0 Å². The number of hydrogen-bond acceptors (Lipinski definition) is 2. The Labute approximate surface area is 182 Å². The van der Waals surface area contributed by atoms with Gasteiger partial charge in [-0.1, -0.05) is 66.7 Å².